The largest absolute Gasteiger partial charge is 0.462 e. The van der Waals surface area contributed by atoms with Crippen molar-refractivity contribution in [3.63, 3.8) is 0 Å². The van der Waals surface area contributed by atoms with E-state index in [-0.39, 0.29) is 12.6 Å². The van der Waals surface area contributed by atoms with Gasteiger partial charge in [-0.2, -0.15) is 0 Å². The number of para-hydroxylation sites is 2. The van der Waals surface area contributed by atoms with Gasteiger partial charge in [-0.25, -0.2) is 14.6 Å². The van der Waals surface area contributed by atoms with Crippen LogP contribution in [0.15, 0.2) is 58.3 Å². The monoisotopic (exact) mass is 411 g/mol. The maximum absolute atomic E-state index is 13.2. The van der Waals surface area contributed by atoms with Gasteiger partial charge >= 0.3 is 12.0 Å². The molecule has 0 spiro atoms. The first-order chi connectivity index (χ1) is 13.6. The van der Waals surface area contributed by atoms with Gasteiger partial charge < -0.3 is 4.74 Å². The van der Waals surface area contributed by atoms with E-state index in [1.165, 1.54) is 0 Å². The molecule has 1 aliphatic rings. The van der Waals surface area contributed by atoms with E-state index in [9.17, 15) is 9.59 Å². The van der Waals surface area contributed by atoms with Gasteiger partial charge in [0.1, 0.15) is 4.88 Å². The number of fused-ring (bicyclic) bond motifs is 2. The average Bonchev–Trinajstić information content (AvgIpc) is 3.06. The van der Waals surface area contributed by atoms with E-state index in [1.807, 2.05) is 48.5 Å². The summed E-state index contributed by atoms with van der Waals surface area (Å²) in [4.78, 5) is 33.5. The number of anilines is 3. The molecule has 8 heteroatoms. The highest BCUT2D eigenvalue weighted by Gasteiger charge is 2.29. The SMILES string of the molecule is CCOC(=O)c1sc(NC(=O)N2c3ccccc3Sc3ccccc32)nc1C. The Morgan fingerprint density at radius 1 is 1.07 bits per heavy atom. The van der Waals surface area contributed by atoms with E-state index < -0.39 is 5.97 Å². The van der Waals surface area contributed by atoms with Crippen molar-refractivity contribution in [2.45, 2.75) is 23.6 Å². The number of thiazole rings is 1. The molecule has 2 heterocycles. The fourth-order valence-corrected chi connectivity index (χ4v) is 4.81. The van der Waals surface area contributed by atoms with Gasteiger partial charge in [-0.15, -0.1) is 0 Å². The minimum Gasteiger partial charge on any atom is -0.462 e. The van der Waals surface area contributed by atoms with Crippen LogP contribution in [0.25, 0.3) is 0 Å². The molecule has 0 atom stereocenters. The first-order valence-corrected chi connectivity index (χ1v) is 10.3. The molecule has 0 radical (unpaired) electrons. The van der Waals surface area contributed by atoms with Crippen molar-refractivity contribution in [1.29, 1.82) is 0 Å². The molecule has 0 aliphatic carbocycles. The highest BCUT2D eigenvalue weighted by molar-refractivity contribution is 7.99. The number of amides is 2. The average molecular weight is 412 g/mol. The highest BCUT2D eigenvalue weighted by atomic mass is 32.2. The van der Waals surface area contributed by atoms with E-state index in [0.29, 0.717) is 15.7 Å². The van der Waals surface area contributed by atoms with Crippen LogP contribution in [-0.4, -0.2) is 23.6 Å². The summed E-state index contributed by atoms with van der Waals surface area (Å²) in [7, 11) is 0. The number of aromatic nitrogens is 1. The molecule has 1 N–H and O–H groups in total. The van der Waals surface area contributed by atoms with Gasteiger partial charge in [0.2, 0.25) is 0 Å². The van der Waals surface area contributed by atoms with Crippen LogP contribution in [0, 0.1) is 6.92 Å². The first kappa shape index (κ1) is 18.5. The molecule has 0 bridgehead atoms. The van der Waals surface area contributed by atoms with Gasteiger partial charge in [0, 0.05) is 9.79 Å². The Balaban J connectivity index is 1.66. The predicted molar refractivity (Wildman–Crippen MR) is 111 cm³/mol. The topological polar surface area (TPSA) is 71.5 Å². The third-order valence-electron chi connectivity index (χ3n) is 4.11. The minimum atomic E-state index is -0.428. The molecule has 142 valence electrons. The lowest BCUT2D eigenvalue weighted by Crippen LogP contribution is -2.32. The number of benzene rings is 2. The molecule has 28 heavy (non-hydrogen) atoms. The Labute approximate surface area is 170 Å². The van der Waals surface area contributed by atoms with Crippen LogP contribution in [0.5, 0.6) is 0 Å². The number of aryl methyl sites for hydroxylation is 1. The fraction of sp³-hybridized carbons (Fsp3) is 0.150. The maximum Gasteiger partial charge on any atom is 0.350 e. The Bertz CT molecular complexity index is 1020. The summed E-state index contributed by atoms with van der Waals surface area (Å²) < 4.78 is 5.04. The number of hydrogen-bond donors (Lipinski definition) is 1. The van der Waals surface area contributed by atoms with E-state index in [4.69, 9.17) is 4.74 Å². The van der Waals surface area contributed by atoms with Crippen molar-refractivity contribution in [3.8, 4) is 0 Å². The number of esters is 1. The molecule has 2 amide bonds. The smallest absolute Gasteiger partial charge is 0.350 e. The fourth-order valence-electron chi connectivity index (χ4n) is 2.91. The first-order valence-electron chi connectivity index (χ1n) is 8.70. The number of nitrogens with one attached hydrogen (secondary N) is 1. The van der Waals surface area contributed by atoms with Crippen LogP contribution in [0.4, 0.5) is 21.3 Å². The molecule has 0 unspecified atom stereocenters. The van der Waals surface area contributed by atoms with E-state index in [0.717, 1.165) is 32.5 Å². The zero-order valence-electron chi connectivity index (χ0n) is 15.3. The number of rotatable bonds is 3. The summed E-state index contributed by atoms with van der Waals surface area (Å²) in [5.41, 5.74) is 2.15. The van der Waals surface area contributed by atoms with Crippen LogP contribution >= 0.6 is 23.1 Å². The van der Waals surface area contributed by atoms with Gasteiger partial charge in [-0.05, 0) is 38.1 Å². The molecule has 1 aromatic heterocycles. The lowest BCUT2D eigenvalue weighted by molar-refractivity contribution is 0.0531. The summed E-state index contributed by atoms with van der Waals surface area (Å²) in [6.45, 7) is 3.76. The zero-order valence-corrected chi connectivity index (χ0v) is 16.9. The van der Waals surface area contributed by atoms with Crippen molar-refractivity contribution in [2.24, 2.45) is 0 Å². The number of carbonyl (C=O) groups excluding carboxylic acids is 2. The second-order valence-electron chi connectivity index (χ2n) is 5.96. The van der Waals surface area contributed by atoms with Gasteiger partial charge in [-0.1, -0.05) is 47.4 Å². The number of carbonyl (C=O) groups is 2. The predicted octanol–water partition coefficient (Wildman–Crippen LogP) is 5.46. The van der Waals surface area contributed by atoms with Crippen molar-refractivity contribution >= 4 is 51.6 Å². The zero-order chi connectivity index (χ0) is 19.7. The van der Waals surface area contributed by atoms with Crippen LogP contribution in [0.1, 0.15) is 22.3 Å². The van der Waals surface area contributed by atoms with Crippen molar-refractivity contribution in [3.05, 3.63) is 59.1 Å². The third kappa shape index (κ3) is 3.36. The van der Waals surface area contributed by atoms with Gasteiger partial charge in [0.25, 0.3) is 0 Å². The molecule has 0 fully saturated rings. The standard InChI is InChI=1S/C20H17N3O3S2/c1-3-26-18(24)17-12(2)21-19(28-17)22-20(25)23-13-8-4-6-10-15(13)27-16-11-7-5-9-14(16)23/h4-11H,3H2,1-2H3,(H,21,22,25). The van der Waals surface area contributed by atoms with Gasteiger partial charge in [0.05, 0.1) is 23.7 Å². The van der Waals surface area contributed by atoms with Gasteiger partial charge in [-0.3, -0.25) is 10.2 Å². The minimum absolute atomic E-state index is 0.289. The van der Waals surface area contributed by atoms with Crippen LogP contribution in [-0.2, 0) is 4.74 Å². The van der Waals surface area contributed by atoms with Crippen molar-refractivity contribution < 1.29 is 14.3 Å². The number of nitrogens with zero attached hydrogens (tertiary/aromatic N) is 2. The summed E-state index contributed by atoms with van der Waals surface area (Å²) in [5, 5.41) is 3.19. The molecule has 3 aromatic rings. The summed E-state index contributed by atoms with van der Waals surface area (Å²) in [5.74, 6) is -0.428. The summed E-state index contributed by atoms with van der Waals surface area (Å²) >= 11 is 2.74. The van der Waals surface area contributed by atoms with Crippen LogP contribution < -0.4 is 10.2 Å². The van der Waals surface area contributed by atoms with E-state index in [1.54, 1.807) is 30.5 Å². The number of urea groups is 1. The molecular weight excluding hydrogens is 394 g/mol. The molecule has 6 nitrogen and oxygen atoms in total. The Hall–Kier alpha value is -2.84. The van der Waals surface area contributed by atoms with E-state index in [2.05, 4.69) is 10.3 Å². The second-order valence-corrected chi connectivity index (χ2v) is 8.04. The third-order valence-corrected chi connectivity index (χ3v) is 6.29. The molecule has 4 rings (SSSR count). The molecule has 0 saturated carbocycles. The summed E-state index contributed by atoms with van der Waals surface area (Å²) in [6.07, 6.45) is 0. The maximum atomic E-state index is 13.2. The quantitative estimate of drug-likeness (QED) is 0.579. The van der Waals surface area contributed by atoms with Crippen LogP contribution in [0.3, 0.4) is 0 Å². The Kier molecular flexibility index (Phi) is 5.06. The molecule has 0 saturated heterocycles. The Morgan fingerprint density at radius 2 is 1.68 bits per heavy atom. The highest BCUT2D eigenvalue weighted by Crippen LogP contribution is 2.48. The molecule has 2 aromatic carbocycles. The lowest BCUT2D eigenvalue weighted by Gasteiger charge is -2.30. The lowest BCUT2D eigenvalue weighted by atomic mass is 10.2. The molecular formula is C20H17N3O3S2. The number of hydrogen-bond acceptors (Lipinski definition) is 6. The van der Waals surface area contributed by atoms with Gasteiger partial charge in [0.15, 0.2) is 5.13 Å². The second kappa shape index (κ2) is 7.65. The van der Waals surface area contributed by atoms with Crippen molar-refractivity contribution in [2.75, 3.05) is 16.8 Å². The number of ether oxygens (including phenoxy) is 1. The molecule has 1 aliphatic heterocycles. The van der Waals surface area contributed by atoms with Crippen LogP contribution in [0.2, 0.25) is 0 Å². The van der Waals surface area contributed by atoms with Crippen molar-refractivity contribution in [1.82, 2.24) is 4.98 Å². The normalized spacial score (nSPS) is 12.1. The Morgan fingerprint density at radius 3 is 2.29 bits per heavy atom. The van der Waals surface area contributed by atoms with E-state index >= 15 is 0 Å². The summed E-state index contributed by atoms with van der Waals surface area (Å²) in [6, 6.07) is 15.2.